The SMILES string of the molecule is CC(On1ccc2nc(-c3cncnc3C(=O)CC3CCNC3)ccc21)c1c(Cl)ccc(F)c1Cl.CC(On1ccc2ncc(-c3ncc(CN4CCC(N)C4)cn3)cc21)c1c(Cl)ccc(F)c1Cl.Fc1ccc(Cl)c(COn2ccc3ncc(-c4nccc(C5CCNCC5)n4)cc32)c1.O=C(Nn1ccc2ncc(-c3cnc(N4CCNCC4)nc3)cc21)c1cc(F)ccc1Cl. The third kappa shape index (κ3) is 21.3. The Morgan fingerprint density at radius 2 is 1.12 bits per heavy atom. The van der Waals surface area contributed by atoms with Crippen LogP contribution < -0.4 is 46.5 Å². The highest BCUT2D eigenvalue weighted by Crippen LogP contribution is 2.38. The topological polar surface area (TPSA) is 317 Å². The summed E-state index contributed by atoms with van der Waals surface area (Å²) >= 11 is 37.0. The van der Waals surface area contributed by atoms with Gasteiger partial charge in [0.2, 0.25) is 5.95 Å². The molecule has 4 fully saturated rings. The van der Waals surface area contributed by atoms with Gasteiger partial charge < -0.3 is 41.1 Å². The van der Waals surface area contributed by atoms with Crippen molar-refractivity contribution in [1.29, 1.82) is 0 Å². The zero-order chi connectivity index (χ0) is 91.6. The average Bonchev–Trinajstić information content (AvgIpc) is 1.63. The Labute approximate surface area is 784 Å². The number of nitrogens with zero attached hydrogens (tertiary/aromatic N) is 18. The minimum absolute atomic E-state index is 0.0171. The minimum atomic E-state index is -0.627. The van der Waals surface area contributed by atoms with E-state index in [2.05, 4.69) is 81.0 Å². The number of piperidine rings is 1. The van der Waals surface area contributed by atoms with Gasteiger partial charge in [0.25, 0.3) is 5.91 Å². The van der Waals surface area contributed by atoms with E-state index in [0.717, 1.165) is 154 Å². The Hall–Kier alpha value is -12.4. The normalized spacial score (nSPS) is 15.7. The summed E-state index contributed by atoms with van der Waals surface area (Å²) in [5.74, 6) is 0.122. The molecule has 16 aromatic rings. The molecule has 38 heteroatoms. The van der Waals surface area contributed by atoms with Gasteiger partial charge >= 0.3 is 0 Å². The van der Waals surface area contributed by atoms with Gasteiger partial charge in [-0.1, -0.05) is 69.6 Å². The number of nitrogens with one attached hydrogen (secondary N) is 4. The number of halogens is 10. The van der Waals surface area contributed by atoms with E-state index in [-0.39, 0.29) is 44.9 Å². The number of fused-ring (bicyclic) bond motifs is 4. The van der Waals surface area contributed by atoms with Gasteiger partial charge in [-0.25, -0.2) is 62.4 Å². The minimum Gasteiger partial charge on any atom is -0.409 e. The van der Waals surface area contributed by atoms with E-state index in [1.807, 2.05) is 61.1 Å². The van der Waals surface area contributed by atoms with Crippen LogP contribution in [-0.2, 0) is 13.2 Å². The third-order valence-corrected chi connectivity index (χ3v) is 25.1. The van der Waals surface area contributed by atoms with Crippen LogP contribution in [0, 0.1) is 29.2 Å². The highest BCUT2D eigenvalue weighted by molar-refractivity contribution is 6.37. The maximum atomic E-state index is 14.0. The van der Waals surface area contributed by atoms with E-state index < -0.39 is 35.6 Å². The van der Waals surface area contributed by atoms with Crippen molar-refractivity contribution >= 4 is 131 Å². The van der Waals surface area contributed by atoms with Gasteiger partial charge in [-0.05, 0) is 193 Å². The lowest BCUT2D eigenvalue weighted by molar-refractivity contribution is 0.0561. The number of benzene rings is 4. The lowest BCUT2D eigenvalue weighted by Crippen LogP contribution is -2.44. The van der Waals surface area contributed by atoms with Crippen LogP contribution in [0.3, 0.4) is 0 Å². The molecule has 16 heterocycles. The van der Waals surface area contributed by atoms with Crippen LogP contribution in [0.5, 0.6) is 0 Å². The van der Waals surface area contributed by atoms with Crippen molar-refractivity contribution in [3.8, 4) is 45.2 Å². The number of carbonyl (C=O) groups is 2. The van der Waals surface area contributed by atoms with Gasteiger partial charge in [-0.2, -0.15) is 14.2 Å². The summed E-state index contributed by atoms with van der Waals surface area (Å²) in [5, 5.41) is 11.1. The molecule has 0 aliphatic carbocycles. The monoisotopic (exact) mass is 1900 g/mol. The van der Waals surface area contributed by atoms with E-state index in [1.54, 1.807) is 103 Å². The molecule has 4 unspecified atom stereocenters. The first-order valence-corrected chi connectivity index (χ1v) is 44.8. The molecule has 4 aromatic carbocycles. The first kappa shape index (κ1) is 91.5. The van der Waals surface area contributed by atoms with Crippen LogP contribution in [0.4, 0.5) is 23.5 Å². The quantitative estimate of drug-likeness (QED) is 0.0239. The fraction of sp³-hybridized carbons (Fsp3) is 0.255. The van der Waals surface area contributed by atoms with Gasteiger partial charge in [-0.15, -0.1) is 0 Å². The molecule has 1 amide bonds. The number of rotatable bonds is 22. The van der Waals surface area contributed by atoms with Crippen LogP contribution >= 0.6 is 69.6 Å². The van der Waals surface area contributed by atoms with Crippen LogP contribution in [0.25, 0.3) is 89.3 Å². The molecule has 676 valence electrons. The number of ketones is 1. The van der Waals surface area contributed by atoms with Gasteiger partial charge in [0.15, 0.2) is 29.6 Å². The van der Waals surface area contributed by atoms with E-state index in [9.17, 15) is 27.2 Å². The molecule has 4 atom stereocenters. The highest BCUT2D eigenvalue weighted by atomic mass is 35.5. The number of carbonyl (C=O) groups excluding carboxylic acids is 2. The summed E-state index contributed by atoms with van der Waals surface area (Å²) in [5.41, 5.74) is 22.6. The molecule has 20 rings (SSSR count). The summed E-state index contributed by atoms with van der Waals surface area (Å²) in [6, 6.07) is 32.1. The van der Waals surface area contributed by atoms with Crippen molar-refractivity contribution < 1.29 is 41.7 Å². The Morgan fingerprint density at radius 1 is 0.530 bits per heavy atom. The van der Waals surface area contributed by atoms with Gasteiger partial charge in [0.1, 0.15) is 58.4 Å². The Balaban J connectivity index is 0.000000123. The summed E-state index contributed by atoms with van der Waals surface area (Å²) in [7, 11) is 0. The molecule has 6 N–H and O–H groups in total. The predicted molar refractivity (Wildman–Crippen MR) is 500 cm³/mol. The number of piperazine rings is 1. The fourth-order valence-corrected chi connectivity index (χ4v) is 17.8. The van der Waals surface area contributed by atoms with Gasteiger partial charge in [0.05, 0.1) is 53.9 Å². The van der Waals surface area contributed by atoms with Crippen molar-refractivity contribution in [1.82, 2.24) is 99.5 Å². The second-order valence-electron chi connectivity index (χ2n) is 32.0. The number of likely N-dealkylation sites (tertiary alicyclic amines) is 1. The maximum Gasteiger partial charge on any atom is 0.271 e. The van der Waals surface area contributed by atoms with E-state index in [0.29, 0.717) is 112 Å². The Kier molecular flexibility index (Phi) is 28.8. The number of pyridine rings is 4. The number of nitrogens with two attached hydrogens (primary N) is 1. The van der Waals surface area contributed by atoms with Crippen molar-refractivity contribution in [3.05, 3.63) is 301 Å². The molecule has 0 radical (unpaired) electrons. The molecule has 28 nitrogen and oxygen atoms in total. The van der Waals surface area contributed by atoms with E-state index in [1.165, 1.54) is 70.3 Å². The number of hydrogen-bond acceptors (Lipinski definition) is 23. The lowest BCUT2D eigenvalue weighted by Gasteiger charge is -2.27. The molecule has 0 saturated carbocycles. The number of Topliss-reactive ketones (excluding diaryl/α,β-unsaturated/α-hetero) is 1. The average molecular weight is 1910 g/mol. The maximum absolute atomic E-state index is 14.0. The fourth-order valence-electron chi connectivity index (χ4n) is 16.0. The van der Waals surface area contributed by atoms with Crippen molar-refractivity contribution in [2.75, 3.05) is 75.8 Å². The van der Waals surface area contributed by atoms with Crippen molar-refractivity contribution in [2.24, 2.45) is 11.7 Å². The predicted octanol–water partition coefficient (Wildman–Crippen LogP) is 17.4. The van der Waals surface area contributed by atoms with E-state index >= 15 is 0 Å². The summed E-state index contributed by atoms with van der Waals surface area (Å²) in [4.78, 5) is 102. The molecule has 4 aliphatic heterocycles. The smallest absolute Gasteiger partial charge is 0.271 e. The van der Waals surface area contributed by atoms with Crippen LogP contribution in [0.2, 0.25) is 30.1 Å². The van der Waals surface area contributed by atoms with Crippen LogP contribution in [0.1, 0.15) is 113 Å². The molecule has 4 aliphatic rings. The third-order valence-electron chi connectivity index (χ3n) is 23.0. The molecular formula is C94H85Cl6F4N23O5. The standard InChI is InChI=1S/C25H22Cl2FN5O2.C24H23Cl2FN6O.C23H21ClFN5O.C22H19ClFN7O/c1-14(23-17(26)2-3-18(28)24(23)27)35-33-9-7-20-21(33)5-4-19(32-20)16-12-30-13-31-25(16)22(34)10-15-6-8-29-11-15;1-14(22-18(25)2-3-19(27)23(22)26)34-33-7-5-20-21(33)8-16(11-29-20)24-30-9-15(10-31-24)12-32-6-4-17(28)13-32;24-19-2-1-18(25)11-17(19)14-31-30-10-6-21-22(30)12-16(13-28-21)23-27-9-5-20(29-23)15-3-7-26-8-4-15;23-18-2-1-16(24)10-17(18)21(32)29-31-6-3-19-20(31)9-14(11-26-19)15-12-27-22(28-13-15)30-7-4-25-5-8-30/h2-5,7,9,12-15,29H,6,8,10-11H2,1H3;2-3,5,7-11,14,17H,4,6,12-13,28H2,1H3;1-2,5-6,9-13,15,26H,3-4,7-8,14H2;1-3,6,9-13,25H,4-5,7-8H2,(H,29,32). The summed E-state index contributed by atoms with van der Waals surface area (Å²) in [6.07, 6.45) is 27.5. The second-order valence-corrected chi connectivity index (χ2v) is 34.4. The summed E-state index contributed by atoms with van der Waals surface area (Å²) in [6.45, 7) is 13.7. The number of hydrogen-bond donors (Lipinski definition) is 5. The lowest BCUT2D eigenvalue weighted by atomic mass is 9.94. The molecular weight excluding hydrogens is 1820 g/mol. The Morgan fingerprint density at radius 3 is 1.80 bits per heavy atom. The van der Waals surface area contributed by atoms with Gasteiger partial charge in [0, 0.05) is 216 Å². The van der Waals surface area contributed by atoms with Crippen molar-refractivity contribution in [3.63, 3.8) is 0 Å². The number of anilines is 1. The van der Waals surface area contributed by atoms with Crippen molar-refractivity contribution in [2.45, 2.75) is 83.3 Å². The van der Waals surface area contributed by atoms with E-state index in [4.69, 9.17) is 99.8 Å². The molecule has 132 heavy (non-hydrogen) atoms. The first-order chi connectivity index (χ1) is 64.1. The first-order valence-electron chi connectivity index (χ1n) is 42.6. The zero-order valence-corrected chi connectivity index (χ0v) is 75.5. The Bertz CT molecular complexity index is 6860. The van der Waals surface area contributed by atoms with Crippen LogP contribution in [0.15, 0.2) is 208 Å². The number of amides is 1. The zero-order valence-electron chi connectivity index (χ0n) is 71.0. The largest absolute Gasteiger partial charge is 0.409 e. The number of aromatic nitrogens is 16. The molecule has 12 aromatic heterocycles. The molecule has 0 spiro atoms. The highest BCUT2D eigenvalue weighted by Gasteiger charge is 2.28. The van der Waals surface area contributed by atoms with Crippen LogP contribution in [-0.4, -0.2) is 167 Å². The molecule has 4 saturated heterocycles. The summed E-state index contributed by atoms with van der Waals surface area (Å²) < 4.78 is 61.3. The molecule has 0 bridgehead atoms. The van der Waals surface area contributed by atoms with Gasteiger partial charge in [-0.3, -0.25) is 39.5 Å². The second kappa shape index (κ2) is 41.6.